The fourth-order valence-corrected chi connectivity index (χ4v) is 2.63. The lowest BCUT2D eigenvalue weighted by atomic mass is 10.2. The molecule has 106 valence electrons. The number of rotatable bonds is 4. The maximum absolute atomic E-state index is 11.2. The molecule has 0 saturated carbocycles. The monoisotopic (exact) mass is 311 g/mol. The van der Waals surface area contributed by atoms with E-state index in [9.17, 15) is 8.42 Å². The zero-order chi connectivity index (χ0) is 14.8. The van der Waals surface area contributed by atoms with Gasteiger partial charge in [-0.25, -0.2) is 13.6 Å². The van der Waals surface area contributed by atoms with Gasteiger partial charge >= 0.3 is 0 Å². The Bertz CT molecular complexity index is 732. The molecule has 2 aromatic carbocycles. The van der Waals surface area contributed by atoms with Crippen LogP contribution in [0.25, 0.3) is 0 Å². The largest absolute Gasteiger partial charge is 0.398 e. The van der Waals surface area contributed by atoms with Crippen LogP contribution < -0.4 is 16.2 Å². The van der Waals surface area contributed by atoms with Gasteiger partial charge in [-0.1, -0.05) is 23.7 Å². The summed E-state index contributed by atoms with van der Waals surface area (Å²) in [4.78, 5) is -0.0780. The van der Waals surface area contributed by atoms with Gasteiger partial charge in [0.25, 0.3) is 0 Å². The average molecular weight is 312 g/mol. The van der Waals surface area contributed by atoms with E-state index < -0.39 is 10.0 Å². The Balaban J connectivity index is 2.14. The number of primary sulfonamides is 1. The van der Waals surface area contributed by atoms with Crippen molar-refractivity contribution in [1.82, 2.24) is 0 Å². The highest BCUT2D eigenvalue weighted by Crippen LogP contribution is 2.22. The third-order valence-electron chi connectivity index (χ3n) is 2.70. The van der Waals surface area contributed by atoms with E-state index in [0.29, 0.717) is 17.3 Å². The minimum atomic E-state index is -3.79. The Kier molecular flexibility index (Phi) is 4.17. The van der Waals surface area contributed by atoms with Crippen molar-refractivity contribution in [3.05, 3.63) is 53.1 Å². The summed E-state index contributed by atoms with van der Waals surface area (Å²) < 4.78 is 22.5. The molecular weight excluding hydrogens is 298 g/mol. The van der Waals surface area contributed by atoms with Crippen molar-refractivity contribution in [3.8, 4) is 0 Å². The molecule has 0 aliphatic heterocycles. The third-order valence-corrected chi connectivity index (χ3v) is 3.92. The zero-order valence-electron chi connectivity index (χ0n) is 10.5. The van der Waals surface area contributed by atoms with E-state index in [1.807, 2.05) is 18.2 Å². The molecule has 0 atom stereocenters. The number of sulfonamides is 1. The van der Waals surface area contributed by atoms with E-state index in [1.54, 1.807) is 12.1 Å². The number of anilines is 2. The van der Waals surface area contributed by atoms with Gasteiger partial charge in [0.15, 0.2) is 0 Å². The molecule has 2 aromatic rings. The van der Waals surface area contributed by atoms with Crippen LogP contribution in [0, 0.1) is 0 Å². The molecule has 7 heteroatoms. The molecule has 0 amide bonds. The van der Waals surface area contributed by atoms with Crippen molar-refractivity contribution in [3.63, 3.8) is 0 Å². The van der Waals surface area contributed by atoms with Gasteiger partial charge in [0, 0.05) is 17.3 Å². The summed E-state index contributed by atoms with van der Waals surface area (Å²) in [5.74, 6) is 0. The van der Waals surface area contributed by atoms with Crippen molar-refractivity contribution < 1.29 is 8.42 Å². The summed E-state index contributed by atoms with van der Waals surface area (Å²) in [7, 11) is -3.79. The first-order valence-electron chi connectivity index (χ1n) is 5.77. The van der Waals surface area contributed by atoms with E-state index in [4.69, 9.17) is 22.5 Å². The van der Waals surface area contributed by atoms with Gasteiger partial charge in [0.2, 0.25) is 10.0 Å². The van der Waals surface area contributed by atoms with Crippen LogP contribution in [0.4, 0.5) is 11.4 Å². The summed E-state index contributed by atoms with van der Waals surface area (Å²) in [6, 6.07) is 12.0. The molecule has 0 heterocycles. The quantitative estimate of drug-likeness (QED) is 0.754. The number of hydrogen-bond acceptors (Lipinski definition) is 4. The SMILES string of the molecule is Nc1cc(NCc2cccc(Cl)c2)ccc1S(N)(=O)=O. The number of nitrogen functional groups attached to an aromatic ring is 1. The van der Waals surface area contributed by atoms with Gasteiger partial charge in [-0.05, 0) is 35.9 Å². The Morgan fingerprint density at radius 1 is 1.15 bits per heavy atom. The average Bonchev–Trinajstić information content (AvgIpc) is 2.35. The van der Waals surface area contributed by atoms with E-state index in [2.05, 4.69) is 5.32 Å². The van der Waals surface area contributed by atoms with E-state index in [-0.39, 0.29) is 10.6 Å². The predicted octanol–water partition coefficient (Wildman–Crippen LogP) is 2.18. The van der Waals surface area contributed by atoms with Gasteiger partial charge in [0.05, 0.1) is 5.69 Å². The van der Waals surface area contributed by atoms with Crippen LogP contribution in [0.5, 0.6) is 0 Å². The van der Waals surface area contributed by atoms with Crippen molar-refractivity contribution in [2.24, 2.45) is 5.14 Å². The highest BCUT2D eigenvalue weighted by Gasteiger charge is 2.12. The van der Waals surface area contributed by atoms with Crippen LogP contribution in [0.1, 0.15) is 5.56 Å². The number of halogens is 1. The third kappa shape index (κ3) is 3.63. The van der Waals surface area contributed by atoms with Gasteiger partial charge in [-0.3, -0.25) is 0 Å². The van der Waals surface area contributed by atoms with Crippen molar-refractivity contribution in [2.45, 2.75) is 11.4 Å². The Morgan fingerprint density at radius 3 is 2.50 bits per heavy atom. The number of benzene rings is 2. The molecule has 0 saturated heterocycles. The van der Waals surface area contributed by atoms with Crippen LogP contribution in [-0.2, 0) is 16.6 Å². The molecule has 20 heavy (non-hydrogen) atoms. The molecule has 0 radical (unpaired) electrons. The Labute approximate surface area is 122 Å². The molecule has 2 rings (SSSR count). The summed E-state index contributed by atoms with van der Waals surface area (Å²) >= 11 is 5.89. The lowest BCUT2D eigenvalue weighted by molar-refractivity contribution is 0.598. The molecule has 0 aromatic heterocycles. The highest BCUT2D eigenvalue weighted by atomic mass is 35.5. The molecule has 5 nitrogen and oxygen atoms in total. The number of hydrogen-bond donors (Lipinski definition) is 3. The molecule has 0 bridgehead atoms. The van der Waals surface area contributed by atoms with Gasteiger partial charge in [-0.15, -0.1) is 0 Å². The fraction of sp³-hybridized carbons (Fsp3) is 0.0769. The first-order valence-corrected chi connectivity index (χ1v) is 7.69. The van der Waals surface area contributed by atoms with Crippen LogP contribution in [0.3, 0.4) is 0 Å². The molecular formula is C13H14ClN3O2S. The maximum atomic E-state index is 11.2. The topological polar surface area (TPSA) is 98.2 Å². The first kappa shape index (κ1) is 14.6. The predicted molar refractivity (Wildman–Crippen MR) is 81.0 cm³/mol. The molecule has 5 N–H and O–H groups in total. The standard InChI is InChI=1S/C13H14ClN3O2S/c14-10-3-1-2-9(6-10)8-17-11-4-5-13(12(15)7-11)20(16,18)19/h1-7,17H,8,15H2,(H2,16,18,19). The Morgan fingerprint density at radius 2 is 1.90 bits per heavy atom. The van der Waals surface area contributed by atoms with Crippen LogP contribution in [-0.4, -0.2) is 8.42 Å². The molecule has 0 spiro atoms. The second-order valence-electron chi connectivity index (χ2n) is 4.28. The summed E-state index contributed by atoms with van der Waals surface area (Å²) in [5, 5.41) is 8.84. The second-order valence-corrected chi connectivity index (χ2v) is 6.25. The van der Waals surface area contributed by atoms with E-state index in [0.717, 1.165) is 5.56 Å². The van der Waals surface area contributed by atoms with Crippen molar-refractivity contribution in [1.29, 1.82) is 0 Å². The Hall–Kier alpha value is -1.76. The fourth-order valence-electron chi connectivity index (χ4n) is 1.77. The van der Waals surface area contributed by atoms with E-state index >= 15 is 0 Å². The molecule has 0 aliphatic rings. The molecule has 0 fully saturated rings. The van der Waals surface area contributed by atoms with Gasteiger partial charge < -0.3 is 11.1 Å². The van der Waals surface area contributed by atoms with Gasteiger partial charge in [0.1, 0.15) is 4.90 Å². The minimum absolute atomic E-state index is 0.0780. The summed E-state index contributed by atoms with van der Waals surface area (Å²) in [6.45, 7) is 0.550. The summed E-state index contributed by atoms with van der Waals surface area (Å²) in [5.41, 5.74) is 7.50. The lowest BCUT2D eigenvalue weighted by Gasteiger charge is -2.09. The van der Waals surface area contributed by atoms with Crippen LogP contribution in [0.15, 0.2) is 47.4 Å². The lowest BCUT2D eigenvalue weighted by Crippen LogP contribution is -2.14. The number of nitrogens with two attached hydrogens (primary N) is 2. The highest BCUT2D eigenvalue weighted by molar-refractivity contribution is 7.89. The van der Waals surface area contributed by atoms with Crippen LogP contribution in [0.2, 0.25) is 5.02 Å². The van der Waals surface area contributed by atoms with E-state index in [1.165, 1.54) is 12.1 Å². The van der Waals surface area contributed by atoms with Crippen molar-refractivity contribution in [2.75, 3.05) is 11.1 Å². The molecule has 0 unspecified atom stereocenters. The minimum Gasteiger partial charge on any atom is -0.398 e. The van der Waals surface area contributed by atoms with Crippen molar-refractivity contribution >= 4 is 33.0 Å². The normalized spacial score (nSPS) is 11.3. The smallest absolute Gasteiger partial charge is 0.240 e. The summed E-state index contributed by atoms with van der Waals surface area (Å²) in [6.07, 6.45) is 0. The van der Waals surface area contributed by atoms with Crippen LogP contribution >= 0.6 is 11.6 Å². The zero-order valence-corrected chi connectivity index (χ0v) is 12.1. The maximum Gasteiger partial charge on any atom is 0.240 e. The second kappa shape index (κ2) is 5.70. The van der Waals surface area contributed by atoms with Gasteiger partial charge in [-0.2, -0.15) is 0 Å². The first-order chi connectivity index (χ1) is 9.36. The number of nitrogens with one attached hydrogen (secondary N) is 1. The molecule has 0 aliphatic carbocycles.